The summed E-state index contributed by atoms with van der Waals surface area (Å²) in [6, 6.07) is 12.2. The third kappa shape index (κ3) is 2.16. The Kier molecular flexibility index (Phi) is 3.08. The maximum atomic E-state index is 8.79. The largest absolute Gasteiger partial charge is 0.480 e. The number of fused-ring (bicyclic) bond motifs is 1. The number of benzene rings is 2. The predicted molar refractivity (Wildman–Crippen MR) is 67.9 cm³/mol. The molecule has 2 aromatic rings. The maximum Gasteiger partial charge on any atom is 0.480 e. The molecule has 0 spiro atoms. The summed E-state index contributed by atoms with van der Waals surface area (Å²) in [7, 11) is -1.40. The fourth-order valence-corrected chi connectivity index (χ4v) is 1.81. The van der Waals surface area contributed by atoms with Crippen molar-refractivity contribution in [1.29, 1.82) is 0 Å². The summed E-state index contributed by atoms with van der Waals surface area (Å²) in [5.41, 5.74) is 2.15. The highest BCUT2D eigenvalue weighted by Gasteiger charge is 2.02. The Labute approximate surface area is 95.0 Å². The molecule has 0 fully saturated rings. The van der Waals surface area contributed by atoms with Gasteiger partial charge in [0.1, 0.15) is 0 Å². The fraction of sp³-hybridized carbons (Fsp3) is 0.0769. The number of hydrogen-bond acceptors (Lipinski definition) is 2. The van der Waals surface area contributed by atoms with Crippen LogP contribution in [0, 0.1) is 6.92 Å². The summed E-state index contributed by atoms with van der Waals surface area (Å²) in [5.74, 6) is 1.36. The third-order valence-corrected chi connectivity index (χ3v) is 2.69. The monoisotopic (exact) mass is 212 g/mol. The van der Waals surface area contributed by atoms with Crippen LogP contribution in [0.4, 0.5) is 0 Å². The Morgan fingerprint density at radius 3 is 2.56 bits per heavy atom. The Balaban J connectivity index is 2.52. The van der Waals surface area contributed by atoms with E-state index in [1.807, 2.05) is 31.2 Å². The van der Waals surface area contributed by atoms with Crippen molar-refractivity contribution in [3.05, 3.63) is 53.5 Å². The first-order valence-corrected chi connectivity index (χ1v) is 5.21. The van der Waals surface area contributed by atoms with E-state index < -0.39 is 7.12 Å². The molecule has 0 saturated heterocycles. The molecule has 0 aromatic heterocycles. The van der Waals surface area contributed by atoms with Crippen LogP contribution in [0.5, 0.6) is 0 Å². The van der Waals surface area contributed by atoms with Crippen LogP contribution in [0.2, 0.25) is 0 Å². The molecule has 2 N–H and O–H groups in total. The molecule has 0 aliphatic carbocycles. The molecule has 2 nitrogen and oxygen atoms in total. The molecule has 0 unspecified atom stereocenters. The van der Waals surface area contributed by atoms with E-state index >= 15 is 0 Å². The average molecular weight is 212 g/mol. The molecule has 0 amide bonds. The van der Waals surface area contributed by atoms with Crippen molar-refractivity contribution < 1.29 is 10.0 Å². The van der Waals surface area contributed by atoms with Crippen molar-refractivity contribution in [2.45, 2.75) is 6.92 Å². The molecule has 80 valence electrons. The Bertz CT molecular complexity index is 532. The summed E-state index contributed by atoms with van der Waals surface area (Å²) in [4.78, 5) is 0. The quantitative estimate of drug-likeness (QED) is 0.749. The van der Waals surface area contributed by atoms with E-state index in [1.165, 1.54) is 16.7 Å². The SMILES string of the molecule is Cc1c(/C=C/B(O)O)ccc2ccccc12. The van der Waals surface area contributed by atoms with Crippen LogP contribution in [-0.4, -0.2) is 17.2 Å². The highest BCUT2D eigenvalue weighted by atomic mass is 16.4. The van der Waals surface area contributed by atoms with Gasteiger partial charge in [-0.15, -0.1) is 0 Å². The molecule has 0 radical (unpaired) electrons. The molecule has 3 heteroatoms. The van der Waals surface area contributed by atoms with Gasteiger partial charge in [0.05, 0.1) is 0 Å². The zero-order valence-corrected chi connectivity index (χ0v) is 9.09. The zero-order valence-electron chi connectivity index (χ0n) is 9.09. The Morgan fingerprint density at radius 2 is 1.81 bits per heavy atom. The van der Waals surface area contributed by atoms with Gasteiger partial charge in [0.25, 0.3) is 0 Å². The number of hydrogen-bond donors (Lipinski definition) is 2. The molecule has 0 heterocycles. The molecular weight excluding hydrogens is 199 g/mol. The lowest BCUT2D eigenvalue weighted by Gasteiger charge is -2.05. The first-order valence-electron chi connectivity index (χ1n) is 5.21. The van der Waals surface area contributed by atoms with Gasteiger partial charge in [0, 0.05) is 0 Å². The molecular formula is C13H13BO2. The van der Waals surface area contributed by atoms with Gasteiger partial charge in [-0.25, -0.2) is 0 Å². The van der Waals surface area contributed by atoms with Crippen molar-refractivity contribution >= 4 is 24.0 Å². The van der Waals surface area contributed by atoms with Crippen molar-refractivity contribution in [2.24, 2.45) is 0 Å². The minimum absolute atomic E-state index is 1.01. The lowest BCUT2D eigenvalue weighted by Crippen LogP contribution is -2.05. The second-order valence-electron chi connectivity index (χ2n) is 3.77. The molecule has 0 aliphatic rings. The summed E-state index contributed by atoms with van der Waals surface area (Å²) in [6.07, 6.45) is 1.73. The fourth-order valence-electron chi connectivity index (χ4n) is 1.81. The van der Waals surface area contributed by atoms with E-state index in [2.05, 4.69) is 12.1 Å². The van der Waals surface area contributed by atoms with E-state index in [0.717, 1.165) is 11.1 Å². The second-order valence-corrected chi connectivity index (χ2v) is 3.77. The molecule has 0 aliphatic heterocycles. The lowest BCUT2D eigenvalue weighted by molar-refractivity contribution is 0.424. The van der Waals surface area contributed by atoms with Crippen LogP contribution in [-0.2, 0) is 0 Å². The molecule has 2 aromatic carbocycles. The molecule has 0 atom stereocenters. The van der Waals surface area contributed by atoms with Gasteiger partial charge >= 0.3 is 7.12 Å². The van der Waals surface area contributed by atoms with Crippen molar-refractivity contribution in [3.8, 4) is 0 Å². The topological polar surface area (TPSA) is 40.5 Å². The maximum absolute atomic E-state index is 8.79. The average Bonchev–Trinajstić information content (AvgIpc) is 2.28. The van der Waals surface area contributed by atoms with E-state index in [0.29, 0.717) is 0 Å². The predicted octanol–water partition coefficient (Wildman–Crippen LogP) is 2.17. The number of rotatable bonds is 2. The van der Waals surface area contributed by atoms with Crippen LogP contribution in [0.15, 0.2) is 42.4 Å². The summed E-state index contributed by atoms with van der Waals surface area (Å²) in [6.45, 7) is 2.03. The van der Waals surface area contributed by atoms with E-state index in [-0.39, 0.29) is 0 Å². The smallest absolute Gasteiger partial charge is 0.424 e. The molecule has 16 heavy (non-hydrogen) atoms. The highest BCUT2D eigenvalue weighted by molar-refractivity contribution is 6.48. The van der Waals surface area contributed by atoms with Gasteiger partial charge in [0.15, 0.2) is 0 Å². The summed E-state index contributed by atoms with van der Waals surface area (Å²) >= 11 is 0. The summed E-state index contributed by atoms with van der Waals surface area (Å²) in [5, 5.41) is 20.0. The van der Waals surface area contributed by atoms with Gasteiger partial charge in [-0.1, -0.05) is 48.4 Å². The number of aryl methyl sites for hydroxylation is 1. The summed E-state index contributed by atoms with van der Waals surface area (Å²) < 4.78 is 0. The highest BCUT2D eigenvalue weighted by Crippen LogP contribution is 2.22. The lowest BCUT2D eigenvalue weighted by atomic mass is 9.89. The van der Waals surface area contributed by atoms with Gasteiger partial charge < -0.3 is 10.0 Å². The first kappa shape index (κ1) is 10.9. The van der Waals surface area contributed by atoms with Gasteiger partial charge in [-0.05, 0) is 28.8 Å². The van der Waals surface area contributed by atoms with Crippen LogP contribution in [0.1, 0.15) is 11.1 Å². The van der Waals surface area contributed by atoms with Crippen molar-refractivity contribution in [1.82, 2.24) is 0 Å². The standard InChI is InChI=1S/C13H13BO2/c1-10-11(8-9-14(15)16)6-7-12-4-2-3-5-13(10)12/h2-9,15-16H,1H3/b9-8+. The van der Waals surface area contributed by atoms with Crippen LogP contribution in [0.3, 0.4) is 0 Å². The Morgan fingerprint density at radius 1 is 1.06 bits per heavy atom. The first-order chi connectivity index (χ1) is 7.68. The van der Waals surface area contributed by atoms with E-state index in [4.69, 9.17) is 10.0 Å². The van der Waals surface area contributed by atoms with Crippen LogP contribution in [0.25, 0.3) is 16.8 Å². The second kappa shape index (κ2) is 4.52. The molecule has 0 bridgehead atoms. The van der Waals surface area contributed by atoms with E-state index in [1.54, 1.807) is 6.08 Å². The minimum Gasteiger partial charge on any atom is -0.424 e. The normalized spacial score (nSPS) is 11.2. The van der Waals surface area contributed by atoms with Crippen molar-refractivity contribution in [3.63, 3.8) is 0 Å². The van der Waals surface area contributed by atoms with Gasteiger partial charge in [0.2, 0.25) is 0 Å². The van der Waals surface area contributed by atoms with Gasteiger partial charge in [-0.3, -0.25) is 0 Å². The van der Waals surface area contributed by atoms with Gasteiger partial charge in [-0.2, -0.15) is 0 Å². The third-order valence-electron chi connectivity index (χ3n) is 2.69. The molecule has 0 saturated carbocycles. The van der Waals surface area contributed by atoms with Crippen LogP contribution >= 0.6 is 0 Å². The minimum atomic E-state index is -1.40. The van der Waals surface area contributed by atoms with Crippen LogP contribution < -0.4 is 0 Å². The molecule has 2 rings (SSSR count). The van der Waals surface area contributed by atoms with E-state index in [9.17, 15) is 0 Å². The zero-order chi connectivity index (χ0) is 11.5. The van der Waals surface area contributed by atoms with Crippen molar-refractivity contribution in [2.75, 3.05) is 0 Å². The Hall–Kier alpha value is -1.58.